The van der Waals surface area contributed by atoms with Crippen LogP contribution in [0, 0.1) is 12.3 Å². The molecule has 0 aliphatic heterocycles. The van der Waals surface area contributed by atoms with Crippen LogP contribution < -0.4 is 16.4 Å². The molecule has 0 saturated carbocycles. The molecule has 0 unspecified atom stereocenters. The van der Waals surface area contributed by atoms with E-state index in [1.54, 1.807) is 12.1 Å². The third-order valence-corrected chi connectivity index (χ3v) is 2.82. The molecule has 1 aromatic rings. The number of aryl methyl sites for hydroxylation is 1. The lowest BCUT2D eigenvalue weighted by atomic mass is 9.95. The van der Waals surface area contributed by atoms with Crippen molar-refractivity contribution in [2.45, 2.75) is 34.1 Å². The van der Waals surface area contributed by atoms with Crippen LogP contribution in [-0.4, -0.2) is 18.4 Å². The number of rotatable bonds is 4. The van der Waals surface area contributed by atoms with Crippen LogP contribution in [0.5, 0.6) is 0 Å². The minimum Gasteiger partial charge on any atom is -0.330 e. The Labute approximate surface area is 119 Å². The Morgan fingerprint density at radius 1 is 1.20 bits per heavy atom. The largest absolute Gasteiger partial charge is 0.330 e. The van der Waals surface area contributed by atoms with Gasteiger partial charge < -0.3 is 16.4 Å². The average molecular weight is 277 g/mol. The number of hydrogen-bond acceptors (Lipinski definition) is 3. The number of carbonyl (C=O) groups excluding carboxylic acids is 2. The first-order valence-corrected chi connectivity index (χ1v) is 6.66. The highest BCUT2D eigenvalue weighted by Gasteiger charge is 2.21. The minimum absolute atomic E-state index is 0.0639. The topological polar surface area (TPSA) is 84.2 Å². The lowest BCUT2D eigenvalue weighted by Gasteiger charge is -2.19. The maximum atomic E-state index is 12.0. The summed E-state index contributed by atoms with van der Waals surface area (Å²) < 4.78 is 0. The molecule has 4 N–H and O–H groups in total. The number of hydrogen-bond donors (Lipinski definition) is 3. The van der Waals surface area contributed by atoms with Crippen molar-refractivity contribution in [1.29, 1.82) is 0 Å². The molecule has 0 aliphatic carbocycles. The Hall–Kier alpha value is -1.88. The maximum absolute atomic E-state index is 12.0. The SMILES string of the molecule is Cc1ccc(NC(=O)CCN)cc1NC(=O)C(C)(C)C. The zero-order valence-corrected chi connectivity index (χ0v) is 12.5. The maximum Gasteiger partial charge on any atom is 0.229 e. The van der Waals surface area contributed by atoms with Gasteiger partial charge in [-0.15, -0.1) is 0 Å². The molecule has 0 saturated heterocycles. The second kappa shape index (κ2) is 6.52. The van der Waals surface area contributed by atoms with Crippen molar-refractivity contribution < 1.29 is 9.59 Å². The molecular weight excluding hydrogens is 254 g/mol. The van der Waals surface area contributed by atoms with Crippen LogP contribution in [0.1, 0.15) is 32.8 Å². The summed E-state index contributed by atoms with van der Waals surface area (Å²) in [4.78, 5) is 23.5. The smallest absolute Gasteiger partial charge is 0.229 e. The van der Waals surface area contributed by atoms with E-state index in [4.69, 9.17) is 5.73 Å². The molecule has 1 rings (SSSR count). The average Bonchev–Trinajstić information content (AvgIpc) is 2.32. The van der Waals surface area contributed by atoms with E-state index >= 15 is 0 Å². The molecule has 0 aliphatic rings. The summed E-state index contributed by atoms with van der Waals surface area (Å²) >= 11 is 0. The van der Waals surface area contributed by atoms with Crippen molar-refractivity contribution in [2.75, 3.05) is 17.2 Å². The van der Waals surface area contributed by atoms with E-state index in [9.17, 15) is 9.59 Å². The molecule has 20 heavy (non-hydrogen) atoms. The Morgan fingerprint density at radius 2 is 1.85 bits per heavy atom. The second-order valence-electron chi connectivity index (χ2n) is 5.82. The van der Waals surface area contributed by atoms with E-state index in [0.717, 1.165) is 5.56 Å². The van der Waals surface area contributed by atoms with Crippen molar-refractivity contribution in [2.24, 2.45) is 11.1 Å². The molecular formula is C15H23N3O2. The highest BCUT2D eigenvalue weighted by molar-refractivity contribution is 5.97. The fourth-order valence-corrected chi connectivity index (χ4v) is 1.50. The van der Waals surface area contributed by atoms with Crippen LogP contribution in [0.2, 0.25) is 0 Å². The Morgan fingerprint density at radius 3 is 2.40 bits per heavy atom. The van der Waals surface area contributed by atoms with Gasteiger partial charge in [0.2, 0.25) is 11.8 Å². The van der Waals surface area contributed by atoms with E-state index < -0.39 is 5.41 Å². The van der Waals surface area contributed by atoms with Crippen LogP contribution in [0.4, 0.5) is 11.4 Å². The summed E-state index contributed by atoms with van der Waals surface area (Å²) in [5, 5.41) is 5.63. The van der Waals surface area contributed by atoms with Crippen LogP contribution in [0.15, 0.2) is 18.2 Å². The first kappa shape index (κ1) is 16.2. The monoisotopic (exact) mass is 277 g/mol. The number of anilines is 2. The predicted molar refractivity (Wildman–Crippen MR) is 81.6 cm³/mol. The molecule has 0 bridgehead atoms. The first-order valence-electron chi connectivity index (χ1n) is 6.66. The summed E-state index contributed by atoms with van der Waals surface area (Å²) in [6.07, 6.45) is 0.275. The molecule has 5 nitrogen and oxygen atoms in total. The lowest BCUT2D eigenvalue weighted by Crippen LogP contribution is -2.28. The summed E-state index contributed by atoms with van der Waals surface area (Å²) in [5.74, 6) is -0.199. The number of benzene rings is 1. The van der Waals surface area contributed by atoms with Gasteiger partial charge in [-0.3, -0.25) is 9.59 Å². The van der Waals surface area contributed by atoms with Crippen LogP contribution in [0.25, 0.3) is 0 Å². The van der Waals surface area contributed by atoms with Gasteiger partial charge in [0.1, 0.15) is 0 Å². The molecule has 0 aromatic heterocycles. The van der Waals surface area contributed by atoms with E-state index in [1.807, 2.05) is 33.8 Å². The van der Waals surface area contributed by atoms with Crippen molar-refractivity contribution in [3.05, 3.63) is 23.8 Å². The van der Waals surface area contributed by atoms with E-state index in [0.29, 0.717) is 17.9 Å². The Balaban J connectivity index is 2.87. The number of nitrogens with one attached hydrogen (secondary N) is 2. The van der Waals surface area contributed by atoms with Gasteiger partial charge in [0, 0.05) is 29.8 Å². The third-order valence-electron chi connectivity index (χ3n) is 2.82. The summed E-state index contributed by atoms with van der Waals surface area (Å²) in [6.45, 7) is 7.77. The number of nitrogens with two attached hydrogens (primary N) is 1. The number of carbonyl (C=O) groups is 2. The normalized spacial score (nSPS) is 11.1. The molecule has 110 valence electrons. The first-order chi connectivity index (χ1) is 9.24. The number of amides is 2. The molecule has 1 aromatic carbocycles. The molecule has 0 fully saturated rings. The standard InChI is InChI=1S/C15H23N3O2/c1-10-5-6-11(17-13(19)7-8-16)9-12(10)18-14(20)15(2,3)4/h5-6,9H,7-8,16H2,1-4H3,(H,17,19)(H,18,20). The highest BCUT2D eigenvalue weighted by Crippen LogP contribution is 2.23. The van der Waals surface area contributed by atoms with E-state index in [-0.39, 0.29) is 18.2 Å². The third kappa shape index (κ3) is 4.66. The van der Waals surface area contributed by atoms with Gasteiger partial charge in [-0.05, 0) is 24.6 Å². The van der Waals surface area contributed by atoms with Gasteiger partial charge in [-0.1, -0.05) is 26.8 Å². The fraction of sp³-hybridized carbons (Fsp3) is 0.467. The molecule has 0 radical (unpaired) electrons. The van der Waals surface area contributed by atoms with Crippen molar-refractivity contribution >= 4 is 23.2 Å². The summed E-state index contributed by atoms with van der Waals surface area (Å²) in [7, 11) is 0. The lowest BCUT2D eigenvalue weighted by molar-refractivity contribution is -0.123. The van der Waals surface area contributed by atoms with Gasteiger partial charge in [-0.25, -0.2) is 0 Å². The molecule has 0 spiro atoms. The van der Waals surface area contributed by atoms with E-state index in [1.165, 1.54) is 0 Å². The van der Waals surface area contributed by atoms with E-state index in [2.05, 4.69) is 10.6 Å². The Bertz CT molecular complexity index is 504. The second-order valence-corrected chi connectivity index (χ2v) is 5.82. The highest BCUT2D eigenvalue weighted by atomic mass is 16.2. The van der Waals surface area contributed by atoms with Gasteiger partial charge in [0.05, 0.1) is 0 Å². The van der Waals surface area contributed by atoms with Gasteiger partial charge >= 0.3 is 0 Å². The summed E-state index contributed by atoms with van der Waals surface area (Å²) in [6, 6.07) is 5.42. The van der Waals surface area contributed by atoms with Crippen LogP contribution in [0.3, 0.4) is 0 Å². The summed E-state index contributed by atoms with van der Waals surface area (Å²) in [5.41, 5.74) is 7.17. The minimum atomic E-state index is -0.467. The molecule has 0 atom stereocenters. The Kier molecular flexibility index (Phi) is 5.27. The molecule has 0 heterocycles. The van der Waals surface area contributed by atoms with Gasteiger partial charge in [0.15, 0.2) is 0 Å². The fourth-order valence-electron chi connectivity index (χ4n) is 1.50. The van der Waals surface area contributed by atoms with Gasteiger partial charge in [-0.2, -0.15) is 0 Å². The molecule has 2 amide bonds. The molecule has 5 heteroatoms. The van der Waals surface area contributed by atoms with Crippen LogP contribution >= 0.6 is 0 Å². The predicted octanol–water partition coefficient (Wildman–Crippen LogP) is 2.27. The van der Waals surface area contributed by atoms with Gasteiger partial charge in [0.25, 0.3) is 0 Å². The van der Waals surface area contributed by atoms with Crippen molar-refractivity contribution in [3.63, 3.8) is 0 Å². The van der Waals surface area contributed by atoms with Crippen molar-refractivity contribution in [1.82, 2.24) is 0 Å². The zero-order chi connectivity index (χ0) is 15.3. The zero-order valence-electron chi connectivity index (χ0n) is 12.5. The quantitative estimate of drug-likeness (QED) is 0.789. The van der Waals surface area contributed by atoms with Crippen molar-refractivity contribution in [3.8, 4) is 0 Å². The van der Waals surface area contributed by atoms with Crippen LogP contribution in [-0.2, 0) is 9.59 Å².